The highest BCUT2D eigenvalue weighted by molar-refractivity contribution is 5.67. The van der Waals surface area contributed by atoms with Gasteiger partial charge in [-0.25, -0.2) is 4.79 Å². The van der Waals surface area contributed by atoms with Crippen LogP contribution >= 0.6 is 0 Å². The molecule has 0 fully saturated rings. The van der Waals surface area contributed by atoms with E-state index in [1.165, 1.54) is 5.56 Å². The topological polar surface area (TPSA) is 38.3 Å². The zero-order valence-electron chi connectivity index (χ0n) is 12.8. The maximum atomic E-state index is 11.5. The molecule has 0 aliphatic carbocycles. The lowest BCUT2D eigenvalue weighted by molar-refractivity contribution is 0.0523. The highest BCUT2D eigenvalue weighted by Crippen LogP contribution is 2.22. The molecule has 0 saturated heterocycles. The van der Waals surface area contributed by atoms with Crippen LogP contribution in [-0.2, 0) is 16.7 Å². The summed E-state index contributed by atoms with van der Waals surface area (Å²) < 4.78 is 5.19. The molecule has 1 aromatic rings. The minimum Gasteiger partial charge on any atom is -0.444 e. The lowest BCUT2D eigenvalue weighted by atomic mass is 9.87. The molecular formula is C16H25NO2. The molecule has 0 radical (unpaired) electrons. The molecule has 0 unspecified atom stereocenters. The number of carbonyl (C=O) groups is 1. The van der Waals surface area contributed by atoms with E-state index in [4.69, 9.17) is 4.74 Å². The SMILES string of the molecule is CC(C)(C)OC(=O)NCc1ccc(C(C)(C)C)cc1. The van der Waals surface area contributed by atoms with Crippen molar-refractivity contribution in [3.8, 4) is 0 Å². The van der Waals surface area contributed by atoms with Gasteiger partial charge in [-0.2, -0.15) is 0 Å². The largest absolute Gasteiger partial charge is 0.444 e. The second kappa shape index (κ2) is 5.64. The van der Waals surface area contributed by atoms with Crippen LogP contribution in [0.2, 0.25) is 0 Å². The summed E-state index contributed by atoms with van der Waals surface area (Å²) in [6, 6.07) is 8.29. The van der Waals surface area contributed by atoms with E-state index in [2.05, 4.69) is 38.2 Å². The Hall–Kier alpha value is -1.51. The van der Waals surface area contributed by atoms with Crippen LogP contribution in [0.15, 0.2) is 24.3 Å². The molecule has 0 aromatic heterocycles. The van der Waals surface area contributed by atoms with Crippen LogP contribution in [0, 0.1) is 0 Å². The van der Waals surface area contributed by atoms with Crippen molar-refractivity contribution < 1.29 is 9.53 Å². The van der Waals surface area contributed by atoms with Crippen molar-refractivity contribution in [2.24, 2.45) is 0 Å². The number of carbonyl (C=O) groups excluding carboxylic acids is 1. The first kappa shape index (κ1) is 15.5. The molecule has 0 heterocycles. The molecule has 0 aliphatic rings. The van der Waals surface area contributed by atoms with Gasteiger partial charge in [-0.05, 0) is 37.3 Å². The van der Waals surface area contributed by atoms with Gasteiger partial charge >= 0.3 is 6.09 Å². The van der Waals surface area contributed by atoms with Gasteiger partial charge in [-0.15, -0.1) is 0 Å². The number of hydrogen-bond acceptors (Lipinski definition) is 2. The monoisotopic (exact) mass is 263 g/mol. The van der Waals surface area contributed by atoms with Crippen molar-refractivity contribution in [1.82, 2.24) is 5.32 Å². The Bertz CT molecular complexity index is 422. The molecular weight excluding hydrogens is 238 g/mol. The maximum absolute atomic E-state index is 11.5. The lowest BCUT2D eigenvalue weighted by Gasteiger charge is -2.20. The molecule has 0 aliphatic heterocycles. The average Bonchev–Trinajstić information content (AvgIpc) is 2.23. The Morgan fingerprint density at radius 2 is 1.58 bits per heavy atom. The zero-order valence-corrected chi connectivity index (χ0v) is 12.8. The highest BCUT2D eigenvalue weighted by Gasteiger charge is 2.16. The molecule has 0 atom stereocenters. The van der Waals surface area contributed by atoms with Gasteiger partial charge in [-0.1, -0.05) is 45.0 Å². The first-order chi connectivity index (χ1) is 8.58. The quantitative estimate of drug-likeness (QED) is 0.875. The van der Waals surface area contributed by atoms with E-state index in [1.54, 1.807) is 0 Å². The molecule has 19 heavy (non-hydrogen) atoms. The molecule has 1 aromatic carbocycles. The van der Waals surface area contributed by atoms with Crippen LogP contribution in [-0.4, -0.2) is 11.7 Å². The summed E-state index contributed by atoms with van der Waals surface area (Å²) in [5, 5.41) is 2.75. The normalized spacial score (nSPS) is 12.1. The summed E-state index contributed by atoms with van der Waals surface area (Å²) >= 11 is 0. The van der Waals surface area contributed by atoms with Crippen molar-refractivity contribution in [1.29, 1.82) is 0 Å². The van der Waals surface area contributed by atoms with Gasteiger partial charge in [0.05, 0.1) is 0 Å². The number of hydrogen-bond donors (Lipinski definition) is 1. The van der Waals surface area contributed by atoms with Gasteiger partial charge in [0.15, 0.2) is 0 Å². The number of benzene rings is 1. The van der Waals surface area contributed by atoms with E-state index in [0.717, 1.165) is 5.56 Å². The van der Waals surface area contributed by atoms with Crippen molar-refractivity contribution in [3.05, 3.63) is 35.4 Å². The highest BCUT2D eigenvalue weighted by atomic mass is 16.6. The fourth-order valence-electron chi connectivity index (χ4n) is 1.61. The average molecular weight is 263 g/mol. The Kier molecular flexibility index (Phi) is 4.61. The molecule has 0 spiro atoms. The molecule has 1 amide bonds. The molecule has 3 nitrogen and oxygen atoms in total. The Balaban J connectivity index is 2.53. The van der Waals surface area contributed by atoms with E-state index in [1.807, 2.05) is 32.9 Å². The third-order valence-electron chi connectivity index (χ3n) is 2.66. The van der Waals surface area contributed by atoms with Gasteiger partial charge < -0.3 is 10.1 Å². The molecule has 0 saturated carbocycles. The van der Waals surface area contributed by atoms with Crippen LogP contribution in [0.3, 0.4) is 0 Å². The van der Waals surface area contributed by atoms with Gasteiger partial charge in [0, 0.05) is 6.54 Å². The summed E-state index contributed by atoms with van der Waals surface area (Å²) in [6.07, 6.45) is -0.382. The minimum atomic E-state index is -0.458. The van der Waals surface area contributed by atoms with Gasteiger partial charge in [-0.3, -0.25) is 0 Å². The van der Waals surface area contributed by atoms with E-state index < -0.39 is 5.60 Å². The first-order valence-electron chi connectivity index (χ1n) is 6.64. The first-order valence-corrected chi connectivity index (χ1v) is 6.64. The van der Waals surface area contributed by atoms with E-state index >= 15 is 0 Å². The number of amides is 1. The molecule has 106 valence electrons. The lowest BCUT2D eigenvalue weighted by Crippen LogP contribution is -2.32. The number of alkyl carbamates (subject to hydrolysis) is 1. The zero-order chi connectivity index (χ0) is 14.7. The number of nitrogens with one attached hydrogen (secondary N) is 1. The second-order valence-electron chi connectivity index (χ2n) is 6.80. The molecule has 1 rings (SSSR count). The Labute approximate surface area is 116 Å². The second-order valence-corrected chi connectivity index (χ2v) is 6.80. The summed E-state index contributed by atoms with van der Waals surface area (Å²) in [5.41, 5.74) is 2.05. The fraction of sp³-hybridized carbons (Fsp3) is 0.562. The predicted molar refractivity (Wildman–Crippen MR) is 78.2 cm³/mol. The maximum Gasteiger partial charge on any atom is 0.407 e. The Morgan fingerprint density at radius 3 is 2.00 bits per heavy atom. The van der Waals surface area contributed by atoms with Gasteiger partial charge in [0.2, 0.25) is 0 Å². The smallest absolute Gasteiger partial charge is 0.407 e. The van der Waals surface area contributed by atoms with Gasteiger partial charge in [0.1, 0.15) is 5.60 Å². The standard InChI is InChI=1S/C16H25NO2/c1-15(2,3)13-9-7-12(8-10-13)11-17-14(18)19-16(4,5)6/h7-10H,11H2,1-6H3,(H,17,18). The van der Waals surface area contributed by atoms with Crippen LogP contribution in [0.4, 0.5) is 4.79 Å². The summed E-state index contributed by atoms with van der Waals surface area (Å²) in [6.45, 7) is 12.6. The van der Waals surface area contributed by atoms with Crippen molar-refractivity contribution in [3.63, 3.8) is 0 Å². The van der Waals surface area contributed by atoms with E-state index in [9.17, 15) is 4.79 Å². The van der Waals surface area contributed by atoms with E-state index in [0.29, 0.717) is 6.54 Å². The van der Waals surface area contributed by atoms with Gasteiger partial charge in [0.25, 0.3) is 0 Å². The predicted octanol–water partition coefficient (Wildman–Crippen LogP) is 4.01. The number of rotatable bonds is 2. The summed E-state index contributed by atoms with van der Waals surface area (Å²) in [7, 11) is 0. The van der Waals surface area contributed by atoms with Crippen LogP contribution < -0.4 is 5.32 Å². The minimum absolute atomic E-state index is 0.150. The van der Waals surface area contributed by atoms with E-state index in [-0.39, 0.29) is 11.5 Å². The third kappa shape index (κ3) is 5.77. The Morgan fingerprint density at radius 1 is 1.05 bits per heavy atom. The summed E-state index contributed by atoms with van der Waals surface area (Å²) in [5.74, 6) is 0. The van der Waals surface area contributed by atoms with Crippen LogP contribution in [0.1, 0.15) is 52.7 Å². The molecule has 0 bridgehead atoms. The van der Waals surface area contributed by atoms with Crippen LogP contribution in [0.5, 0.6) is 0 Å². The van der Waals surface area contributed by atoms with Crippen LogP contribution in [0.25, 0.3) is 0 Å². The fourth-order valence-corrected chi connectivity index (χ4v) is 1.61. The molecule has 3 heteroatoms. The van der Waals surface area contributed by atoms with Crippen molar-refractivity contribution >= 4 is 6.09 Å². The number of ether oxygens (including phenoxy) is 1. The van der Waals surface area contributed by atoms with Crippen molar-refractivity contribution in [2.45, 2.75) is 59.1 Å². The molecule has 1 N–H and O–H groups in total. The van der Waals surface area contributed by atoms with Crippen molar-refractivity contribution in [2.75, 3.05) is 0 Å². The third-order valence-corrected chi connectivity index (χ3v) is 2.66. The summed E-state index contributed by atoms with van der Waals surface area (Å²) in [4.78, 5) is 11.5.